The van der Waals surface area contributed by atoms with Gasteiger partial charge in [-0.3, -0.25) is 14.3 Å². The van der Waals surface area contributed by atoms with Crippen molar-refractivity contribution in [1.82, 2.24) is 14.3 Å². The highest BCUT2D eigenvalue weighted by atomic mass is 16.7. The molecule has 232 valence electrons. The van der Waals surface area contributed by atoms with Crippen molar-refractivity contribution in [3.8, 4) is 5.69 Å². The minimum Gasteiger partial charge on any atom is -0.459 e. The van der Waals surface area contributed by atoms with Crippen molar-refractivity contribution in [2.24, 2.45) is 13.0 Å². The molecule has 0 spiro atoms. The predicted octanol–water partition coefficient (Wildman–Crippen LogP) is 3.67. The maximum Gasteiger partial charge on any atom is 0.288 e. The summed E-state index contributed by atoms with van der Waals surface area (Å²) in [7, 11) is 3.73. The van der Waals surface area contributed by atoms with Crippen molar-refractivity contribution in [2.75, 3.05) is 46.7 Å². The van der Waals surface area contributed by atoms with Gasteiger partial charge in [0, 0.05) is 56.4 Å². The summed E-state index contributed by atoms with van der Waals surface area (Å²) < 4.78 is 27.1. The molecule has 2 aromatic rings. The van der Waals surface area contributed by atoms with E-state index in [0.29, 0.717) is 38.4 Å². The lowest BCUT2D eigenvalue weighted by molar-refractivity contribution is -0.172. The van der Waals surface area contributed by atoms with E-state index in [4.69, 9.17) is 24.1 Å². The average molecular weight is 586 g/mol. The molecule has 1 aromatic heterocycles. The molecule has 1 N–H and O–H groups in total. The van der Waals surface area contributed by atoms with Gasteiger partial charge in [0.25, 0.3) is 11.5 Å². The first-order chi connectivity index (χ1) is 20.4. The second kappa shape index (κ2) is 15.5. The highest BCUT2D eigenvalue weighted by molar-refractivity contribution is 5.92. The Labute approximate surface area is 248 Å². The summed E-state index contributed by atoms with van der Waals surface area (Å²) in [5.41, 5.74) is 2.08. The predicted molar refractivity (Wildman–Crippen MR) is 160 cm³/mol. The molecule has 10 heteroatoms. The van der Waals surface area contributed by atoms with Crippen LogP contribution in [0.4, 0.5) is 0 Å². The minimum atomic E-state index is -0.720. The van der Waals surface area contributed by atoms with E-state index in [1.807, 2.05) is 69.0 Å². The zero-order valence-electron chi connectivity index (χ0n) is 25.5. The molecule has 2 aliphatic rings. The van der Waals surface area contributed by atoms with Crippen molar-refractivity contribution in [2.45, 2.75) is 70.6 Å². The van der Waals surface area contributed by atoms with Gasteiger partial charge < -0.3 is 29.0 Å². The number of carbonyl (C=O) groups excluding carboxylic acids is 1. The molecule has 10 nitrogen and oxygen atoms in total. The second-order valence-electron chi connectivity index (χ2n) is 11.1. The van der Waals surface area contributed by atoms with Crippen LogP contribution in [-0.4, -0.2) is 84.3 Å². The van der Waals surface area contributed by atoms with E-state index in [1.165, 1.54) is 6.42 Å². The Morgan fingerprint density at radius 3 is 2.43 bits per heavy atom. The van der Waals surface area contributed by atoms with Gasteiger partial charge in [0.1, 0.15) is 0 Å². The molecule has 1 amide bonds. The number of rotatable bonds is 14. The number of nitrogens with zero attached hydrogens (tertiary/aromatic N) is 3. The number of benzene rings is 1. The van der Waals surface area contributed by atoms with Crippen molar-refractivity contribution in [3.05, 3.63) is 63.8 Å². The van der Waals surface area contributed by atoms with E-state index >= 15 is 0 Å². The van der Waals surface area contributed by atoms with Gasteiger partial charge in [-0.2, -0.15) is 0 Å². The van der Waals surface area contributed by atoms with Crippen LogP contribution in [0.25, 0.3) is 5.69 Å². The zero-order chi connectivity index (χ0) is 30.1. The first kappa shape index (κ1) is 32.0. The van der Waals surface area contributed by atoms with E-state index in [9.17, 15) is 9.59 Å². The third-order valence-electron chi connectivity index (χ3n) is 8.50. The largest absolute Gasteiger partial charge is 0.459 e. The van der Waals surface area contributed by atoms with Crippen molar-refractivity contribution in [1.29, 1.82) is 0 Å². The lowest BCUT2D eigenvalue weighted by Crippen LogP contribution is -2.44. The fourth-order valence-electron chi connectivity index (χ4n) is 6.15. The summed E-state index contributed by atoms with van der Waals surface area (Å²) in [4.78, 5) is 29.7. The molecule has 1 saturated carbocycles. The smallest absolute Gasteiger partial charge is 0.288 e. The SMILES string of the molecule is CCO[C@@H]1OC(C(=O)N(C)C2CCCCC2)=C[C@H](c2c(C)n(C)n(-c3ccccc3)c2=O)[C@@H]1CCOCCOCCO. The van der Waals surface area contributed by atoms with Crippen LogP contribution in [0.5, 0.6) is 0 Å². The summed E-state index contributed by atoms with van der Waals surface area (Å²) in [6.07, 6.45) is 7.05. The summed E-state index contributed by atoms with van der Waals surface area (Å²) in [5, 5.41) is 8.91. The second-order valence-corrected chi connectivity index (χ2v) is 11.1. The van der Waals surface area contributed by atoms with E-state index in [1.54, 1.807) is 9.58 Å². The number of amides is 1. The summed E-state index contributed by atoms with van der Waals surface area (Å²) in [5.74, 6) is -0.635. The minimum absolute atomic E-state index is 0.0304. The standard InChI is InChI=1S/C32H47N3O7/c1-5-41-32-26(16-18-39-20-21-40-19-17-36)27(22-28(42-32)30(37)33(3)24-12-8-6-9-13-24)29-23(2)34(4)35(31(29)38)25-14-10-7-11-15-25/h7,10-11,14-15,22,24,26-27,32,36H,5-6,8-9,12-13,16-21H2,1-4H3/t26-,27-,32+/m0/s1. The number of hydrogen-bond acceptors (Lipinski definition) is 7. The van der Waals surface area contributed by atoms with Crippen LogP contribution in [0, 0.1) is 12.8 Å². The van der Waals surface area contributed by atoms with E-state index in [2.05, 4.69) is 0 Å². The molecule has 1 aliphatic heterocycles. The Morgan fingerprint density at radius 2 is 1.76 bits per heavy atom. The Hall–Kier alpha value is -2.92. The maximum atomic E-state index is 14.1. The van der Waals surface area contributed by atoms with Crippen LogP contribution in [0.2, 0.25) is 0 Å². The fourth-order valence-corrected chi connectivity index (χ4v) is 6.15. The van der Waals surface area contributed by atoms with Gasteiger partial charge in [0.2, 0.25) is 6.29 Å². The number of aliphatic hydroxyl groups is 1. The van der Waals surface area contributed by atoms with Gasteiger partial charge in [-0.1, -0.05) is 37.5 Å². The van der Waals surface area contributed by atoms with Gasteiger partial charge in [0.05, 0.1) is 32.1 Å². The number of hydrogen-bond donors (Lipinski definition) is 1. The van der Waals surface area contributed by atoms with Gasteiger partial charge in [-0.15, -0.1) is 0 Å². The van der Waals surface area contributed by atoms with Crippen molar-refractivity contribution >= 4 is 5.91 Å². The Balaban J connectivity index is 1.70. The monoisotopic (exact) mass is 585 g/mol. The molecule has 0 radical (unpaired) electrons. The van der Waals surface area contributed by atoms with Crippen LogP contribution in [0.15, 0.2) is 47.0 Å². The van der Waals surface area contributed by atoms with Crippen LogP contribution in [0.1, 0.15) is 62.6 Å². The third kappa shape index (κ3) is 7.34. The van der Waals surface area contributed by atoms with Gasteiger partial charge in [-0.05, 0) is 51.3 Å². The molecule has 3 atom stereocenters. The van der Waals surface area contributed by atoms with E-state index in [-0.39, 0.29) is 42.4 Å². The number of carbonyl (C=O) groups is 1. The number of allylic oxidation sites excluding steroid dienone is 1. The van der Waals surface area contributed by atoms with Gasteiger partial charge in [-0.25, -0.2) is 4.68 Å². The Bertz CT molecular complexity index is 1230. The van der Waals surface area contributed by atoms with Crippen molar-refractivity contribution < 1.29 is 28.8 Å². The first-order valence-electron chi connectivity index (χ1n) is 15.3. The molecule has 0 unspecified atom stereocenters. The Morgan fingerprint density at radius 1 is 1.07 bits per heavy atom. The number of ether oxygens (including phenoxy) is 4. The van der Waals surface area contributed by atoms with Gasteiger partial charge in [0.15, 0.2) is 5.76 Å². The fraction of sp³-hybridized carbons (Fsp3) is 0.625. The molecule has 4 rings (SSSR count). The molecule has 0 saturated heterocycles. The number of aliphatic hydroxyl groups excluding tert-OH is 1. The molecule has 42 heavy (non-hydrogen) atoms. The van der Waals surface area contributed by atoms with E-state index in [0.717, 1.165) is 37.1 Å². The zero-order valence-corrected chi connectivity index (χ0v) is 25.5. The third-order valence-corrected chi connectivity index (χ3v) is 8.50. The molecule has 1 fully saturated rings. The van der Waals surface area contributed by atoms with Crippen LogP contribution in [-0.2, 0) is 30.8 Å². The van der Waals surface area contributed by atoms with Crippen LogP contribution in [0.3, 0.4) is 0 Å². The lowest BCUT2D eigenvalue weighted by Gasteiger charge is -2.38. The average Bonchev–Trinajstić information content (AvgIpc) is 3.24. The molecular weight excluding hydrogens is 538 g/mol. The van der Waals surface area contributed by atoms with Gasteiger partial charge >= 0.3 is 0 Å². The Kier molecular flexibility index (Phi) is 11.8. The van der Waals surface area contributed by atoms with Crippen molar-refractivity contribution in [3.63, 3.8) is 0 Å². The first-order valence-corrected chi connectivity index (χ1v) is 15.3. The highest BCUT2D eigenvalue weighted by Crippen LogP contribution is 2.40. The number of likely N-dealkylation sites (N-methyl/N-ethyl adjacent to an activating group) is 1. The molecule has 1 aromatic carbocycles. The summed E-state index contributed by atoms with van der Waals surface area (Å²) in [6.45, 7) is 5.63. The van der Waals surface area contributed by atoms with Crippen LogP contribution < -0.4 is 5.56 Å². The summed E-state index contributed by atoms with van der Waals surface area (Å²) in [6, 6.07) is 9.73. The molecule has 1 aliphatic carbocycles. The van der Waals surface area contributed by atoms with Crippen LogP contribution >= 0.6 is 0 Å². The normalized spacial score (nSPS) is 21.2. The number of para-hydroxylation sites is 1. The molecule has 0 bridgehead atoms. The topological polar surface area (TPSA) is 104 Å². The maximum absolute atomic E-state index is 14.1. The lowest BCUT2D eigenvalue weighted by atomic mass is 9.81. The summed E-state index contributed by atoms with van der Waals surface area (Å²) >= 11 is 0. The molecular formula is C32H47N3O7. The quantitative estimate of drug-likeness (QED) is 0.338. The number of aromatic nitrogens is 2. The highest BCUT2D eigenvalue weighted by Gasteiger charge is 2.42. The van der Waals surface area contributed by atoms with E-state index < -0.39 is 12.2 Å². The molecule has 2 heterocycles.